The smallest absolute Gasteiger partial charge is 0.304 e. The molecule has 11 nitrogen and oxygen atoms in total. The van der Waals surface area contributed by atoms with E-state index in [9.17, 15) is 19.2 Å². The highest BCUT2D eigenvalue weighted by atomic mass is 35.5. The molecule has 0 spiro atoms. The highest BCUT2D eigenvalue weighted by Crippen LogP contribution is 2.22. The number of hydrazine groups is 2. The molecule has 0 fully saturated rings. The molecule has 2 aromatic rings. The van der Waals surface area contributed by atoms with Crippen LogP contribution in [0, 0.1) is 0 Å². The zero-order chi connectivity index (χ0) is 24.5. The molecule has 2 aromatic heterocycles. The van der Waals surface area contributed by atoms with Crippen LogP contribution in [0.25, 0.3) is 0 Å². The molecule has 1 aliphatic rings. The highest BCUT2D eigenvalue weighted by molar-refractivity contribution is 6.01. The van der Waals surface area contributed by atoms with Crippen LogP contribution in [0.5, 0.6) is 0 Å². The maximum Gasteiger partial charge on any atom is 0.304 e. The SMILES string of the molecule is CC1=C(C(=O)NNC(=O)C[n+]2ccccc2)CC(C(=O)NNC(=O)C[n+]2ccccc2)=C(C)N1.[Cl-]. The van der Waals surface area contributed by atoms with Crippen LogP contribution >= 0.6 is 0 Å². The van der Waals surface area contributed by atoms with Gasteiger partial charge in [-0.3, -0.25) is 40.9 Å². The summed E-state index contributed by atoms with van der Waals surface area (Å²) in [6.45, 7) is 3.47. The number of nitrogens with zero attached hydrogens (tertiary/aromatic N) is 2. The summed E-state index contributed by atoms with van der Waals surface area (Å²) < 4.78 is 3.32. The van der Waals surface area contributed by atoms with E-state index in [4.69, 9.17) is 0 Å². The van der Waals surface area contributed by atoms with Crippen LogP contribution in [0.1, 0.15) is 20.3 Å². The monoisotopic (exact) mass is 500 g/mol. The van der Waals surface area contributed by atoms with Gasteiger partial charge in [0.15, 0.2) is 24.8 Å². The van der Waals surface area contributed by atoms with Gasteiger partial charge in [-0.15, -0.1) is 0 Å². The lowest BCUT2D eigenvalue weighted by molar-refractivity contribution is -0.684. The van der Waals surface area contributed by atoms with Crippen LogP contribution in [-0.2, 0) is 32.3 Å². The number of carbonyl (C=O) groups excluding carboxylic acids is 4. The number of allylic oxidation sites excluding steroid dienone is 2. The molecule has 5 N–H and O–H groups in total. The molecule has 3 rings (SSSR count). The molecule has 0 radical (unpaired) electrons. The minimum absolute atomic E-state index is 0. The standard InChI is InChI=1S/C23H25N7O4.ClH/c1-16-18(22(33)27-25-20(31)14-29-9-5-3-6-10-29)13-19(17(2)24-16)23(34)28-26-21(32)15-30-11-7-4-8-12-30;/h3-12H,13-15H2,1-2H3,(H3-2,24,25,26,27,28,31,32,33,34);1H/p+1. The van der Waals surface area contributed by atoms with Crippen molar-refractivity contribution in [3.8, 4) is 0 Å². The maximum absolute atomic E-state index is 12.7. The van der Waals surface area contributed by atoms with E-state index < -0.39 is 23.6 Å². The fourth-order valence-corrected chi connectivity index (χ4v) is 3.27. The Balaban J connectivity index is 0.00000432. The van der Waals surface area contributed by atoms with Gasteiger partial charge < -0.3 is 17.7 Å². The molecule has 35 heavy (non-hydrogen) atoms. The van der Waals surface area contributed by atoms with Crippen LogP contribution in [0.4, 0.5) is 0 Å². The normalized spacial score (nSPS) is 12.6. The Kier molecular flexibility index (Phi) is 9.91. The second-order valence-corrected chi connectivity index (χ2v) is 7.61. The number of hydrogen-bond donors (Lipinski definition) is 5. The third-order valence-electron chi connectivity index (χ3n) is 5.02. The van der Waals surface area contributed by atoms with E-state index in [1.54, 1.807) is 72.0 Å². The number of aromatic nitrogens is 2. The zero-order valence-electron chi connectivity index (χ0n) is 19.3. The number of hydrogen-bond acceptors (Lipinski definition) is 5. The van der Waals surface area contributed by atoms with Gasteiger partial charge in [0.25, 0.3) is 11.8 Å². The first-order valence-corrected chi connectivity index (χ1v) is 10.6. The summed E-state index contributed by atoms with van der Waals surface area (Å²) in [7, 11) is 0. The second-order valence-electron chi connectivity index (χ2n) is 7.61. The van der Waals surface area contributed by atoms with E-state index in [1.807, 2.05) is 12.1 Å². The molecule has 0 saturated carbocycles. The minimum Gasteiger partial charge on any atom is -1.00 e. The van der Waals surface area contributed by atoms with Gasteiger partial charge in [-0.1, -0.05) is 12.1 Å². The fourth-order valence-electron chi connectivity index (χ4n) is 3.27. The average Bonchev–Trinajstić information content (AvgIpc) is 2.82. The Bertz CT molecular complexity index is 1060. The molecular formula is C23H27ClN7O4+. The molecule has 3 heterocycles. The van der Waals surface area contributed by atoms with Crippen LogP contribution in [0.15, 0.2) is 83.7 Å². The van der Waals surface area contributed by atoms with Crippen LogP contribution < -0.4 is 48.6 Å². The fraction of sp³-hybridized carbons (Fsp3) is 0.217. The Morgan fingerprint density at radius 1 is 0.686 bits per heavy atom. The summed E-state index contributed by atoms with van der Waals surface area (Å²) in [5, 5.41) is 3.00. The van der Waals surface area contributed by atoms with Crippen molar-refractivity contribution in [2.75, 3.05) is 0 Å². The summed E-state index contributed by atoms with van der Waals surface area (Å²) in [6, 6.07) is 10.8. The molecular weight excluding hydrogens is 474 g/mol. The molecule has 0 aliphatic carbocycles. The van der Waals surface area contributed by atoms with Crippen LogP contribution in [-0.4, -0.2) is 23.6 Å². The van der Waals surface area contributed by atoms with E-state index in [1.165, 1.54) is 0 Å². The molecule has 4 amide bonds. The summed E-state index contributed by atoms with van der Waals surface area (Å²) >= 11 is 0. The van der Waals surface area contributed by atoms with Crippen LogP contribution in [0.3, 0.4) is 0 Å². The maximum atomic E-state index is 12.7. The highest BCUT2D eigenvalue weighted by Gasteiger charge is 2.26. The number of amides is 4. The number of rotatable bonds is 6. The molecule has 0 unspecified atom stereocenters. The van der Waals surface area contributed by atoms with Crippen molar-refractivity contribution in [1.29, 1.82) is 0 Å². The van der Waals surface area contributed by atoms with Crippen molar-refractivity contribution in [2.24, 2.45) is 0 Å². The Morgan fingerprint density at radius 3 is 1.43 bits per heavy atom. The lowest BCUT2D eigenvalue weighted by Crippen LogP contribution is -3.00. The topological polar surface area (TPSA) is 136 Å². The number of pyridine rings is 2. The summed E-state index contributed by atoms with van der Waals surface area (Å²) in [5.74, 6) is -1.90. The van der Waals surface area contributed by atoms with E-state index in [-0.39, 0.29) is 43.1 Å². The molecule has 184 valence electrons. The van der Waals surface area contributed by atoms with Crippen molar-refractivity contribution in [3.63, 3.8) is 0 Å². The quantitative estimate of drug-likeness (QED) is 0.202. The van der Waals surface area contributed by atoms with Gasteiger partial charge in [0, 0.05) is 53.2 Å². The summed E-state index contributed by atoms with van der Waals surface area (Å²) in [6.07, 6.45) is 6.95. The first-order valence-electron chi connectivity index (χ1n) is 10.6. The number of nitrogens with one attached hydrogen (secondary N) is 5. The van der Waals surface area contributed by atoms with E-state index in [0.717, 1.165) is 0 Å². The molecule has 0 saturated heterocycles. The summed E-state index contributed by atoms with van der Waals surface area (Å²) in [4.78, 5) is 49.5. The second kappa shape index (κ2) is 12.8. The van der Waals surface area contributed by atoms with Gasteiger partial charge in [-0.25, -0.2) is 0 Å². The van der Waals surface area contributed by atoms with Crippen molar-refractivity contribution in [1.82, 2.24) is 27.0 Å². The average molecular weight is 501 g/mol. The van der Waals surface area contributed by atoms with Crippen LogP contribution in [0.2, 0.25) is 0 Å². The van der Waals surface area contributed by atoms with Crippen molar-refractivity contribution in [2.45, 2.75) is 33.4 Å². The van der Waals surface area contributed by atoms with E-state index >= 15 is 0 Å². The third-order valence-corrected chi connectivity index (χ3v) is 5.02. The van der Waals surface area contributed by atoms with Crippen molar-refractivity contribution < 1.29 is 40.7 Å². The van der Waals surface area contributed by atoms with Gasteiger partial charge in [-0.2, -0.15) is 9.13 Å². The van der Waals surface area contributed by atoms with E-state index in [0.29, 0.717) is 11.4 Å². The first-order chi connectivity index (χ1) is 16.3. The van der Waals surface area contributed by atoms with Crippen molar-refractivity contribution >= 4 is 23.6 Å². The Labute approximate surface area is 208 Å². The Morgan fingerprint density at radius 2 is 1.06 bits per heavy atom. The van der Waals surface area contributed by atoms with E-state index in [2.05, 4.69) is 27.0 Å². The zero-order valence-corrected chi connectivity index (χ0v) is 20.1. The predicted octanol–water partition coefficient (Wildman–Crippen LogP) is -4.20. The minimum atomic E-state index is -0.543. The largest absolute Gasteiger partial charge is 1.00 e. The van der Waals surface area contributed by atoms with Gasteiger partial charge in [0.1, 0.15) is 0 Å². The molecule has 0 atom stereocenters. The number of carbonyl (C=O) groups is 4. The lowest BCUT2D eigenvalue weighted by Gasteiger charge is -2.23. The van der Waals surface area contributed by atoms with Gasteiger partial charge in [0.05, 0.1) is 0 Å². The van der Waals surface area contributed by atoms with Gasteiger partial charge >= 0.3 is 11.8 Å². The number of halogens is 1. The summed E-state index contributed by atoms with van der Waals surface area (Å²) in [5.41, 5.74) is 11.2. The Hall–Kier alpha value is -4.25. The predicted molar refractivity (Wildman–Crippen MR) is 119 cm³/mol. The van der Waals surface area contributed by atoms with Gasteiger partial charge in [0.2, 0.25) is 13.1 Å². The van der Waals surface area contributed by atoms with Crippen molar-refractivity contribution in [3.05, 3.63) is 83.7 Å². The van der Waals surface area contributed by atoms with Gasteiger partial charge in [-0.05, 0) is 13.8 Å². The molecule has 12 heteroatoms. The third kappa shape index (κ3) is 7.93. The number of dihydropyridines is 1. The molecule has 0 aromatic carbocycles. The lowest BCUT2D eigenvalue weighted by atomic mass is 9.97. The first kappa shape index (κ1) is 27.0. The molecule has 1 aliphatic heterocycles. The molecule has 0 bridgehead atoms.